The van der Waals surface area contributed by atoms with Crippen LogP contribution in [0.15, 0.2) is 16.5 Å². The number of aliphatic carboxylic acids is 1. The van der Waals surface area contributed by atoms with Crippen LogP contribution in [0.3, 0.4) is 0 Å². The van der Waals surface area contributed by atoms with E-state index in [1.165, 1.54) is 6.92 Å². The van der Waals surface area contributed by atoms with Crippen LogP contribution in [-0.4, -0.2) is 28.3 Å². The minimum atomic E-state index is -1.77. The van der Waals surface area contributed by atoms with E-state index in [0.717, 1.165) is 11.5 Å². The van der Waals surface area contributed by atoms with Gasteiger partial charge in [-0.3, -0.25) is 0 Å². The predicted molar refractivity (Wildman–Crippen MR) is 58.1 cm³/mol. The van der Waals surface area contributed by atoms with Crippen molar-refractivity contribution in [2.24, 2.45) is 0 Å². The van der Waals surface area contributed by atoms with Gasteiger partial charge in [-0.05, 0) is 32.9 Å². The molecule has 0 amide bonds. The number of carboxylic acids is 1. The third-order valence-corrected chi connectivity index (χ3v) is 2.40. The minimum Gasteiger partial charge on any atom is -0.479 e. The maximum Gasteiger partial charge on any atom is 0.336 e. The molecule has 1 heterocycles. The van der Waals surface area contributed by atoms with Crippen molar-refractivity contribution in [1.29, 1.82) is 0 Å². The highest BCUT2D eigenvalue weighted by molar-refractivity contribution is 5.76. The molecule has 0 aliphatic carbocycles. The number of hydrogen-bond donors (Lipinski definition) is 3. The minimum absolute atomic E-state index is 0.0384. The maximum atomic E-state index is 10.7. The molecule has 90 valence electrons. The zero-order valence-corrected chi connectivity index (χ0v) is 9.65. The molecule has 1 aromatic rings. The molecule has 0 fully saturated rings. The highest BCUT2D eigenvalue weighted by Crippen LogP contribution is 2.16. The second kappa shape index (κ2) is 4.67. The Morgan fingerprint density at radius 1 is 1.62 bits per heavy atom. The third kappa shape index (κ3) is 3.08. The molecular formula is C11H17NO4. The van der Waals surface area contributed by atoms with Gasteiger partial charge in [-0.2, -0.15) is 0 Å². The van der Waals surface area contributed by atoms with E-state index in [2.05, 4.69) is 5.32 Å². The first-order valence-corrected chi connectivity index (χ1v) is 5.08. The van der Waals surface area contributed by atoms with E-state index in [1.807, 2.05) is 26.0 Å². The van der Waals surface area contributed by atoms with Crippen LogP contribution in [0, 0.1) is 6.92 Å². The Hall–Kier alpha value is -1.33. The van der Waals surface area contributed by atoms with Gasteiger partial charge < -0.3 is 19.9 Å². The summed E-state index contributed by atoms with van der Waals surface area (Å²) in [5.74, 6) is 0.273. The molecule has 1 aromatic heterocycles. The number of hydrogen-bond acceptors (Lipinski definition) is 4. The summed E-state index contributed by atoms with van der Waals surface area (Å²) in [5, 5.41) is 21.1. The molecule has 3 N–H and O–H groups in total. The molecule has 0 saturated carbocycles. The number of aliphatic hydroxyl groups is 1. The van der Waals surface area contributed by atoms with Crippen LogP contribution in [0.1, 0.15) is 31.4 Å². The lowest BCUT2D eigenvalue weighted by Crippen LogP contribution is -2.45. The summed E-state index contributed by atoms with van der Waals surface area (Å²) in [6.07, 6.45) is 0. The lowest BCUT2D eigenvalue weighted by Gasteiger charge is -2.20. The molecule has 16 heavy (non-hydrogen) atoms. The van der Waals surface area contributed by atoms with Gasteiger partial charge in [0, 0.05) is 6.54 Å². The van der Waals surface area contributed by atoms with Gasteiger partial charge >= 0.3 is 5.97 Å². The molecule has 0 saturated heterocycles. The Balaban J connectivity index is 2.53. The second-order valence-electron chi connectivity index (χ2n) is 4.13. The molecular weight excluding hydrogens is 210 g/mol. The Morgan fingerprint density at radius 2 is 2.25 bits per heavy atom. The van der Waals surface area contributed by atoms with Gasteiger partial charge in [0.05, 0.1) is 6.04 Å². The van der Waals surface area contributed by atoms with Gasteiger partial charge in [0.25, 0.3) is 0 Å². The van der Waals surface area contributed by atoms with Crippen molar-refractivity contribution in [3.8, 4) is 0 Å². The van der Waals surface area contributed by atoms with Crippen LogP contribution in [0.2, 0.25) is 0 Å². The molecule has 0 bridgehead atoms. The van der Waals surface area contributed by atoms with Crippen molar-refractivity contribution in [2.45, 2.75) is 32.4 Å². The quantitative estimate of drug-likeness (QED) is 0.701. The van der Waals surface area contributed by atoms with Crippen LogP contribution < -0.4 is 5.32 Å². The first kappa shape index (κ1) is 12.7. The highest BCUT2D eigenvalue weighted by Gasteiger charge is 2.30. The fraction of sp³-hybridized carbons (Fsp3) is 0.545. The van der Waals surface area contributed by atoms with Gasteiger partial charge in [0.2, 0.25) is 0 Å². The Labute approximate surface area is 94.1 Å². The lowest BCUT2D eigenvalue weighted by atomic mass is 10.1. The molecule has 1 rings (SSSR count). The van der Waals surface area contributed by atoms with Crippen LogP contribution in [-0.2, 0) is 4.79 Å². The standard InChI is InChI=1S/C11H17NO4/c1-7-4-5-9(16-7)8(2)12-6-11(3,15)10(13)14/h4-5,8,12,15H,6H2,1-3H3,(H,13,14). The zero-order valence-electron chi connectivity index (χ0n) is 9.65. The molecule has 0 radical (unpaired) electrons. The molecule has 5 nitrogen and oxygen atoms in total. The van der Waals surface area contributed by atoms with Crippen LogP contribution in [0.5, 0.6) is 0 Å². The average molecular weight is 227 g/mol. The SMILES string of the molecule is Cc1ccc(C(C)NCC(C)(O)C(=O)O)o1. The van der Waals surface area contributed by atoms with Crippen molar-refractivity contribution in [2.75, 3.05) is 6.54 Å². The van der Waals surface area contributed by atoms with Crippen molar-refractivity contribution in [3.05, 3.63) is 23.7 Å². The van der Waals surface area contributed by atoms with E-state index >= 15 is 0 Å². The Morgan fingerprint density at radius 3 is 2.69 bits per heavy atom. The first-order valence-electron chi connectivity index (χ1n) is 5.08. The van der Waals surface area contributed by atoms with E-state index in [-0.39, 0.29) is 12.6 Å². The van der Waals surface area contributed by atoms with Gasteiger partial charge in [-0.1, -0.05) is 0 Å². The number of aryl methyl sites for hydroxylation is 1. The van der Waals surface area contributed by atoms with E-state index in [9.17, 15) is 9.90 Å². The monoisotopic (exact) mass is 227 g/mol. The Bertz CT molecular complexity index is 370. The highest BCUT2D eigenvalue weighted by atomic mass is 16.4. The van der Waals surface area contributed by atoms with Crippen LogP contribution >= 0.6 is 0 Å². The number of carboxylic acid groups (broad SMARTS) is 1. The first-order chi connectivity index (χ1) is 7.33. The van der Waals surface area contributed by atoms with Crippen LogP contribution in [0.4, 0.5) is 0 Å². The van der Waals surface area contributed by atoms with E-state index in [4.69, 9.17) is 9.52 Å². The van der Waals surface area contributed by atoms with E-state index < -0.39 is 11.6 Å². The maximum absolute atomic E-state index is 10.7. The fourth-order valence-corrected chi connectivity index (χ4v) is 1.21. The van der Waals surface area contributed by atoms with E-state index in [1.54, 1.807) is 0 Å². The molecule has 0 aliphatic rings. The number of rotatable bonds is 5. The van der Waals surface area contributed by atoms with E-state index in [0.29, 0.717) is 0 Å². The van der Waals surface area contributed by atoms with Crippen molar-refractivity contribution in [1.82, 2.24) is 5.32 Å². The zero-order chi connectivity index (χ0) is 12.3. The van der Waals surface area contributed by atoms with Gasteiger partial charge in [-0.25, -0.2) is 4.79 Å². The largest absolute Gasteiger partial charge is 0.479 e. The van der Waals surface area contributed by atoms with Gasteiger partial charge in [0.15, 0.2) is 5.60 Å². The number of carbonyl (C=O) groups is 1. The van der Waals surface area contributed by atoms with Gasteiger partial charge in [-0.15, -0.1) is 0 Å². The van der Waals surface area contributed by atoms with Gasteiger partial charge in [0.1, 0.15) is 11.5 Å². The summed E-state index contributed by atoms with van der Waals surface area (Å²) in [5.41, 5.74) is -1.77. The summed E-state index contributed by atoms with van der Waals surface area (Å²) in [7, 11) is 0. The molecule has 2 unspecified atom stereocenters. The molecule has 0 aromatic carbocycles. The van der Waals surface area contributed by atoms with Crippen molar-refractivity contribution >= 4 is 5.97 Å². The normalized spacial score (nSPS) is 16.8. The molecule has 0 aliphatic heterocycles. The van der Waals surface area contributed by atoms with Crippen molar-refractivity contribution < 1.29 is 19.4 Å². The predicted octanol–water partition coefficient (Wildman–Crippen LogP) is 1.07. The average Bonchev–Trinajstić information content (AvgIpc) is 2.61. The Kier molecular flexibility index (Phi) is 3.72. The fourth-order valence-electron chi connectivity index (χ4n) is 1.21. The second-order valence-corrected chi connectivity index (χ2v) is 4.13. The summed E-state index contributed by atoms with van der Waals surface area (Å²) in [6.45, 7) is 4.89. The summed E-state index contributed by atoms with van der Waals surface area (Å²) >= 11 is 0. The summed E-state index contributed by atoms with van der Waals surface area (Å²) in [6, 6.07) is 3.52. The molecule has 5 heteroatoms. The third-order valence-electron chi connectivity index (χ3n) is 2.40. The number of nitrogens with one attached hydrogen (secondary N) is 1. The lowest BCUT2D eigenvalue weighted by molar-refractivity contribution is -0.156. The number of furan rings is 1. The van der Waals surface area contributed by atoms with Crippen LogP contribution in [0.25, 0.3) is 0 Å². The summed E-state index contributed by atoms with van der Waals surface area (Å²) in [4.78, 5) is 10.7. The molecule has 2 atom stereocenters. The molecule has 0 spiro atoms. The summed E-state index contributed by atoms with van der Waals surface area (Å²) < 4.78 is 5.38. The topological polar surface area (TPSA) is 82.7 Å². The van der Waals surface area contributed by atoms with Crippen molar-refractivity contribution in [3.63, 3.8) is 0 Å². The smallest absolute Gasteiger partial charge is 0.336 e.